The van der Waals surface area contributed by atoms with Crippen LogP contribution in [0, 0.1) is 0 Å². The topological polar surface area (TPSA) is 178 Å². The highest BCUT2D eigenvalue weighted by molar-refractivity contribution is 7.80. The third-order valence-corrected chi connectivity index (χ3v) is 11.4. The van der Waals surface area contributed by atoms with E-state index in [0.29, 0.717) is 13.0 Å². The molecule has 1 rings (SSSR count). The summed E-state index contributed by atoms with van der Waals surface area (Å²) in [6.45, 7) is 4.00. The highest BCUT2D eigenvalue weighted by Crippen LogP contribution is 2.26. The number of aliphatic hydroxyl groups is 3. The van der Waals surface area contributed by atoms with Crippen LogP contribution in [0.5, 0.6) is 0 Å². The van der Waals surface area contributed by atoms with Crippen molar-refractivity contribution < 1.29 is 56.2 Å². The Bertz CT molecular complexity index is 1070. The average molecular weight is 851 g/mol. The summed E-state index contributed by atoms with van der Waals surface area (Å²) in [5.41, 5.74) is 0. The smallest absolute Gasteiger partial charge is 0.397 e. The zero-order valence-electron chi connectivity index (χ0n) is 36.6. The van der Waals surface area contributed by atoms with Gasteiger partial charge in [-0.25, -0.2) is 4.18 Å². The lowest BCUT2D eigenvalue weighted by molar-refractivity contribution is -0.301. The van der Waals surface area contributed by atoms with Crippen LogP contribution >= 0.6 is 0 Å². The van der Waals surface area contributed by atoms with E-state index in [2.05, 4.69) is 30.2 Å². The fourth-order valence-corrected chi connectivity index (χ4v) is 7.82. The van der Waals surface area contributed by atoms with E-state index >= 15 is 0 Å². The molecule has 0 spiro atoms. The Morgan fingerprint density at radius 3 is 1.55 bits per heavy atom. The number of hydrogen-bond acceptors (Lipinski definition) is 11. The molecule has 58 heavy (non-hydrogen) atoms. The Morgan fingerprint density at radius 1 is 0.638 bits per heavy atom. The fraction of sp³-hybridized carbons (Fsp3) is 0.933. The largest absolute Gasteiger partial charge is 0.457 e. The average Bonchev–Trinajstić information content (AvgIpc) is 3.19. The number of rotatable bonds is 41. The van der Waals surface area contributed by atoms with E-state index in [9.17, 15) is 28.5 Å². The molecule has 6 unspecified atom stereocenters. The molecular formula is C45H86O12S. The second kappa shape index (κ2) is 37.6. The first-order valence-electron chi connectivity index (χ1n) is 23.4. The second-order valence-electron chi connectivity index (χ2n) is 16.4. The van der Waals surface area contributed by atoms with Crippen LogP contribution in [0.4, 0.5) is 0 Å². The third kappa shape index (κ3) is 30.8. The van der Waals surface area contributed by atoms with Crippen molar-refractivity contribution in [3.8, 4) is 0 Å². The Morgan fingerprint density at radius 2 is 1.09 bits per heavy atom. The first-order valence-corrected chi connectivity index (χ1v) is 24.8. The monoisotopic (exact) mass is 851 g/mol. The molecule has 0 saturated carbocycles. The van der Waals surface area contributed by atoms with E-state index in [1.165, 1.54) is 135 Å². The SMILES string of the molecule is CCCCCCCC/C=C\CCCCCCCCOCC(COC1OC(CO)C(O)C(OS(=O)(=O)O)C1O)OC(=O)CCCCCCCCCCCCCCCCC. The number of aliphatic hydroxyl groups excluding tert-OH is 3. The van der Waals surface area contributed by atoms with Gasteiger partial charge in [-0.3, -0.25) is 9.35 Å². The normalized spacial score (nSPS) is 20.6. The summed E-state index contributed by atoms with van der Waals surface area (Å²) in [5.74, 6) is -0.398. The third-order valence-electron chi connectivity index (χ3n) is 10.9. The van der Waals surface area contributed by atoms with Crippen LogP contribution in [-0.2, 0) is 38.3 Å². The molecule has 12 nitrogen and oxygen atoms in total. The molecule has 1 saturated heterocycles. The molecule has 0 aromatic heterocycles. The molecule has 6 atom stereocenters. The lowest BCUT2D eigenvalue weighted by atomic mass is 9.99. The predicted octanol–water partition coefficient (Wildman–Crippen LogP) is 9.86. The molecule has 0 bridgehead atoms. The second-order valence-corrected chi connectivity index (χ2v) is 17.4. The van der Waals surface area contributed by atoms with E-state index in [0.717, 1.165) is 44.9 Å². The summed E-state index contributed by atoms with van der Waals surface area (Å²) >= 11 is 0. The van der Waals surface area contributed by atoms with Crippen molar-refractivity contribution in [3.05, 3.63) is 12.2 Å². The van der Waals surface area contributed by atoms with Crippen LogP contribution in [0.15, 0.2) is 12.2 Å². The van der Waals surface area contributed by atoms with E-state index in [4.69, 9.17) is 23.5 Å². The lowest BCUT2D eigenvalue weighted by Crippen LogP contribution is -2.60. The van der Waals surface area contributed by atoms with Crippen LogP contribution in [0.25, 0.3) is 0 Å². The first-order chi connectivity index (χ1) is 28.1. The standard InChI is InChI=1S/C45H86O12S/c1-3-5-7-9-11-13-15-17-19-21-23-25-27-29-31-33-35-53-37-39(38-54-45-43(49)44(57-58(50,51)52)42(48)40(36-46)56-45)55-41(47)34-32-30-28-26-24-22-20-18-16-14-12-10-8-6-4-2/h17,19,39-40,42-46,48-49H,3-16,18,20-38H2,1-2H3,(H,50,51,52)/b19-17-. The van der Waals surface area contributed by atoms with E-state index in [1.807, 2.05) is 0 Å². The van der Waals surface area contributed by atoms with Crippen molar-refractivity contribution in [1.82, 2.24) is 0 Å². The van der Waals surface area contributed by atoms with Crippen molar-refractivity contribution in [1.29, 1.82) is 0 Å². The number of allylic oxidation sites excluding steroid dienone is 2. The number of carbonyl (C=O) groups is 1. The van der Waals surface area contributed by atoms with Crippen LogP contribution in [-0.4, -0.2) is 97.5 Å². The summed E-state index contributed by atoms with van der Waals surface area (Å²) in [6, 6.07) is 0. The van der Waals surface area contributed by atoms with Gasteiger partial charge >= 0.3 is 16.4 Å². The summed E-state index contributed by atoms with van der Waals surface area (Å²) < 4.78 is 59.1. The number of carbonyl (C=O) groups excluding carboxylic acids is 1. The molecule has 13 heteroatoms. The molecule has 1 heterocycles. The summed E-state index contributed by atoms with van der Waals surface area (Å²) in [7, 11) is -5.06. The Kier molecular flexibility index (Phi) is 35.6. The minimum Gasteiger partial charge on any atom is -0.457 e. The van der Waals surface area contributed by atoms with Gasteiger partial charge in [0.15, 0.2) is 6.29 Å². The molecule has 0 amide bonds. The quantitative estimate of drug-likeness (QED) is 0.0198. The zero-order valence-corrected chi connectivity index (χ0v) is 37.4. The molecule has 0 aliphatic carbocycles. The van der Waals surface area contributed by atoms with Crippen molar-refractivity contribution in [2.45, 2.75) is 243 Å². The minimum atomic E-state index is -5.06. The first kappa shape index (κ1) is 54.9. The van der Waals surface area contributed by atoms with Crippen molar-refractivity contribution >= 4 is 16.4 Å². The zero-order chi connectivity index (χ0) is 42.5. The van der Waals surface area contributed by atoms with Gasteiger partial charge in [0.25, 0.3) is 0 Å². The highest BCUT2D eigenvalue weighted by atomic mass is 32.3. The van der Waals surface area contributed by atoms with Crippen LogP contribution in [0.2, 0.25) is 0 Å². The number of ether oxygens (including phenoxy) is 4. The van der Waals surface area contributed by atoms with Crippen molar-refractivity contribution in [2.75, 3.05) is 26.4 Å². The van der Waals surface area contributed by atoms with Gasteiger partial charge in [0, 0.05) is 13.0 Å². The summed E-state index contributed by atoms with van der Waals surface area (Å²) in [6.07, 6.45) is 31.0. The molecule has 1 aliphatic rings. The van der Waals surface area contributed by atoms with E-state index < -0.39 is 59.8 Å². The van der Waals surface area contributed by atoms with Gasteiger partial charge < -0.3 is 34.3 Å². The van der Waals surface area contributed by atoms with Gasteiger partial charge in [0.1, 0.15) is 30.5 Å². The molecule has 0 aromatic rings. The maximum absolute atomic E-state index is 12.8. The van der Waals surface area contributed by atoms with E-state index in [-0.39, 0.29) is 19.6 Å². The van der Waals surface area contributed by atoms with Gasteiger partial charge in [0.05, 0.1) is 19.8 Å². The Balaban J connectivity index is 2.41. The molecule has 344 valence electrons. The molecule has 1 fully saturated rings. The summed E-state index contributed by atoms with van der Waals surface area (Å²) in [5, 5.41) is 30.7. The van der Waals surface area contributed by atoms with Crippen LogP contribution in [0.3, 0.4) is 0 Å². The molecule has 0 radical (unpaired) electrons. The van der Waals surface area contributed by atoms with Gasteiger partial charge in [0.2, 0.25) is 0 Å². The minimum absolute atomic E-state index is 0.0372. The Labute approximate surface area is 353 Å². The Hall–Kier alpha value is -1.16. The van der Waals surface area contributed by atoms with Crippen LogP contribution in [0.1, 0.15) is 206 Å². The molecule has 0 aromatic carbocycles. The fourth-order valence-electron chi connectivity index (χ4n) is 7.32. The van der Waals surface area contributed by atoms with Gasteiger partial charge in [-0.2, -0.15) is 8.42 Å². The van der Waals surface area contributed by atoms with E-state index in [1.54, 1.807) is 0 Å². The highest BCUT2D eigenvalue weighted by Gasteiger charge is 2.48. The number of hydrogen-bond donors (Lipinski definition) is 4. The summed E-state index contributed by atoms with van der Waals surface area (Å²) in [4.78, 5) is 12.8. The molecule has 4 N–H and O–H groups in total. The van der Waals surface area contributed by atoms with Crippen molar-refractivity contribution in [3.63, 3.8) is 0 Å². The maximum atomic E-state index is 12.8. The molecule has 1 aliphatic heterocycles. The van der Waals surface area contributed by atoms with Crippen molar-refractivity contribution in [2.24, 2.45) is 0 Å². The maximum Gasteiger partial charge on any atom is 0.397 e. The van der Waals surface area contributed by atoms with Gasteiger partial charge in [-0.15, -0.1) is 0 Å². The number of unbranched alkanes of at least 4 members (excludes halogenated alkanes) is 26. The van der Waals surface area contributed by atoms with Gasteiger partial charge in [-0.05, 0) is 38.5 Å². The van der Waals surface area contributed by atoms with Gasteiger partial charge in [-0.1, -0.05) is 174 Å². The molecular weight excluding hydrogens is 765 g/mol. The number of esters is 1. The predicted molar refractivity (Wildman–Crippen MR) is 230 cm³/mol. The lowest BCUT2D eigenvalue weighted by Gasteiger charge is -2.41. The van der Waals surface area contributed by atoms with Crippen LogP contribution < -0.4 is 0 Å².